The Kier molecular flexibility index (Phi) is 3.15. The van der Waals surface area contributed by atoms with Crippen molar-refractivity contribution in [2.75, 3.05) is 14.2 Å². The molecule has 0 aromatic heterocycles. The molecule has 1 aliphatic carbocycles. The third-order valence-electron chi connectivity index (χ3n) is 3.25. The number of rotatable bonds is 3. The van der Waals surface area contributed by atoms with Crippen molar-refractivity contribution in [1.82, 2.24) is 0 Å². The molecule has 0 radical (unpaired) electrons. The van der Waals surface area contributed by atoms with Gasteiger partial charge in [0.1, 0.15) is 0 Å². The molecule has 1 aromatic carbocycles. The van der Waals surface area contributed by atoms with Crippen LogP contribution in [0.5, 0.6) is 0 Å². The first-order valence-electron chi connectivity index (χ1n) is 5.23. The molecule has 0 aliphatic heterocycles. The van der Waals surface area contributed by atoms with Gasteiger partial charge in [0.2, 0.25) is 0 Å². The minimum Gasteiger partial charge on any atom is -0.349 e. The van der Waals surface area contributed by atoms with Gasteiger partial charge in [-0.3, -0.25) is 0 Å². The van der Waals surface area contributed by atoms with E-state index in [1.54, 1.807) is 6.07 Å². The van der Waals surface area contributed by atoms with Crippen molar-refractivity contribution >= 4 is 5.97 Å². The number of ether oxygens (including phenoxy) is 2. The molecule has 0 bridgehead atoms. The molecule has 1 N–H and O–H groups in total. The third-order valence-corrected chi connectivity index (χ3v) is 3.25. The lowest BCUT2D eigenvalue weighted by atomic mass is 10.0. The number of hydrogen-bond donors (Lipinski definition) is 1. The largest absolute Gasteiger partial charge is 0.349 e. The highest BCUT2D eigenvalue weighted by molar-refractivity contribution is 5.79. The number of fused-ring (bicyclic) bond motifs is 1. The first-order chi connectivity index (χ1) is 8.18. The second-order valence-electron chi connectivity index (χ2n) is 3.92. The van der Waals surface area contributed by atoms with Crippen LogP contribution in [-0.2, 0) is 24.9 Å². The van der Waals surface area contributed by atoms with Gasteiger partial charge in [0.25, 0.3) is 0 Å². The van der Waals surface area contributed by atoms with Crippen LogP contribution in [0.4, 0.5) is 0 Å². The lowest BCUT2D eigenvalue weighted by Crippen LogP contribution is -2.28. The highest BCUT2D eigenvalue weighted by Gasteiger charge is 2.48. The zero-order chi connectivity index (χ0) is 12.5. The minimum atomic E-state index is -0.949. The molecular weight excluding hydrogens is 224 g/mol. The smallest absolute Gasteiger partial charge is 0.349 e. The average molecular weight is 238 g/mol. The molecule has 0 saturated carbocycles. The van der Waals surface area contributed by atoms with E-state index in [4.69, 9.17) is 14.7 Å². The van der Waals surface area contributed by atoms with Gasteiger partial charge in [0.05, 0.1) is 5.92 Å². The van der Waals surface area contributed by atoms with E-state index in [1.807, 2.05) is 18.2 Å². The maximum Gasteiger partial charge on any atom is 0.349 e. The summed E-state index contributed by atoms with van der Waals surface area (Å²) in [7, 11) is 3.04. The molecule has 0 amide bonds. The summed E-state index contributed by atoms with van der Waals surface area (Å²) in [4.78, 5) is 15.3. The molecule has 0 saturated heterocycles. The van der Waals surface area contributed by atoms with Gasteiger partial charge in [-0.05, 0) is 5.56 Å². The summed E-state index contributed by atoms with van der Waals surface area (Å²) >= 11 is 0. The minimum absolute atomic E-state index is 0.290. The van der Waals surface area contributed by atoms with Gasteiger partial charge < -0.3 is 14.4 Å². The van der Waals surface area contributed by atoms with Crippen LogP contribution in [-0.4, -0.2) is 25.4 Å². The molecule has 0 spiro atoms. The van der Waals surface area contributed by atoms with Crippen LogP contribution in [0.1, 0.15) is 23.5 Å². The average Bonchev–Trinajstić information content (AvgIpc) is 2.73. The molecule has 2 rings (SSSR count). The fourth-order valence-electron chi connectivity index (χ4n) is 2.38. The third kappa shape index (κ3) is 1.72. The lowest BCUT2D eigenvalue weighted by Gasteiger charge is -2.27. The van der Waals surface area contributed by atoms with Crippen molar-refractivity contribution in [3.8, 4) is 0 Å². The van der Waals surface area contributed by atoms with Crippen LogP contribution in [0.3, 0.4) is 0 Å². The summed E-state index contributed by atoms with van der Waals surface area (Å²) in [5.41, 5.74) is 1.55. The highest BCUT2D eigenvalue weighted by Crippen LogP contribution is 2.47. The Morgan fingerprint density at radius 1 is 1.35 bits per heavy atom. The Morgan fingerprint density at radius 2 is 2.00 bits per heavy atom. The molecule has 1 aliphatic rings. The highest BCUT2D eigenvalue weighted by atomic mass is 17.1. The fraction of sp³-hybridized carbons (Fsp3) is 0.417. The molecule has 1 aromatic rings. The molecule has 1 atom stereocenters. The maximum absolute atomic E-state index is 11.5. The van der Waals surface area contributed by atoms with Gasteiger partial charge in [-0.1, -0.05) is 24.3 Å². The van der Waals surface area contributed by atoms with Crippen molar-refractivity contribution in [2.24, 2.45) is 0 Å². The SMILES string of the molecule is COC1(OC)CC(C(=O)OO)c2ccccc21. The fourth-order valence-corrected chi connectivity index (χ4v) is 2.38. The maximum atomic E-state index is 11.5. The van der Waals surface area contributed by atoms with Crippen LogP contribution in [0.2, 0.25) is 0 Å². The second kappa shape index (κ2) is 4.44. The molecule has 92 valence electrons. The van der Waals surface area contributed by atoms with Crippen LogP contribution in [0.15, 0.2) is 24.3 Å². The molecule has 5 nitrogen and oxygen atoms in total. The van der Waals surface area contributed by atoms with Crippen LogP contribution in [0.25, 0.3) is 0 Å². The normalized spacial score (nSPS) is 21.0. The van der Waals surface area contributed by atoms with Crippen molar-refractivity contribution in [3.05, 3.63) is 35.4 Å². The zero-order valence-electron chi connectivity index (χ0n) is 9.67. The quantitative estimate of drug-likeness (QED) is 0.492. The van der Waals surface area contributed by atoms with Crippen LogP contribution < -0.4 is 0 Å². The van der Waals surface area contributed by atoms with Gasteiger partial charge in [-0.15, -0.1) is 0 Å². The van der Waals surface area contributed by atoms with Crippen molar-refractivity contribution in [2.45, 2.75) is 18.1 Å². The van der Waals surface area contributed by atoms with E-state index in [-0.39, 0.29) is 0 Å². The van der Waals surface area contributed by atoms with Crippen LogP contribution in [0, 0.1) is 0 Å². The number of benzene rings is 1. The standard InChI is InChI=1S/C12H14O5/c1-15-12(16-2)7-9(11(13)17-14)8-5-3-4-6-10(8)12/h3-6,9,14H,7H2,1-2H3. The van der Waals surface area contributed by atoms with Gasteiger partial charge in [-0.2, -0.15) is 5.26 Å². The van der Waals surface area contributed by atoms with Crippen molar-refractivity contribution in [3.63, 3.8) is 0 Å². The van der Waals surface area contributed by atoms with E-state index < -0.39 is 17.7 Å². The predicted octanol–water partition coefficient (Wildman–Crippen LogP) is 1.64. The van der Waals surface area contributed by atoms with Crippen molar-refractivity contribution < 1.29 is 24.4 Å². The monoisotopic (exact) mass is 238 g/mol. The summed E-state index contributed by atoms with van der Waals surface area (Å²) in [6, 6.07) is 7.31. The first-order valence-corrected chi connectivity index (χ1v) is 5.23. The number of carbonyl (C=O) groups is 1. The Hall–Kier alpha value is -1.43. The summed E-state index contributed by atoms with van der Waals surface area (Å²) < 4.78 is 10.8. The van der Waals surface area contributed by atoms with Gasteiger partial charge in [0, 0.05) is 26.2 Å². The molecule has 0 heterocycles. The zero-order valence-corrected chi connectivity index (χ0v) is 9.67. The summed E-state index contributed by atoms with van der Waals surface area (Å²) in [6.45, 7) is 0. The van der Waals surface area contributed by atoms with E-state index in [2.05, 4.69) is 4.89 Å². The Morgan fingerprint density at radius 3 is 2.59 bits per heavy atom. The van der Waals surface area contributed by atoms with Crippen molar-refractivity contribution in [1.29, 1.82) is 0 Å². The number of hydrogen-bond acceptors (Lipinski definition) is 5. The van der Waals surface area contributed by atoms with Gasteiger partial charge in [0.15, 0.2) is 5.79 Å². The lowest BCUT2D eigenvalue weighted by molar-refractivity contribution is -0.243. The van der Waals surface area contributed by atoms with Gasteiger partial charge in [-0.25, -0.2) is 4.79 Å². The van der Waals surface area contributed by atoms with Gasteiger partial charge >= 0.3 is 5.97 Å². The first kappa shape index (κ1) is 12.0. The summed E-state index contributed by atoms with van der Waals surface area (Å²) in [5, 5.41) is 8.51. The van der Waals surface area contributed by atoms with E-state index in [1.165, 1.54) is 14.2 Å². The Balaban J connectivity index is 2.49. The second-order valence-corrected chi connectivity index (χ2v) is 3.92. The van der Waals surface area contributed by atoms with E-state index in [0.717, 1.165) is 11.1 Å². The summed E-state index contributed by atoms with van der Waals surface area (Å²) in [5.74, 6) is -2.22. The molecule has 5 heteroatoms. The Bertz CT molecular complexity index is 425. The summed E-state index contributed by atoms with van der Waals surface area (Å²) in [6.07, 6.45) is 0.290. The Labute approximate surface area is 98.8 Å². The molecule has 17 heavy (non-hydrogen) atoms. The van der Waals surface area contributed by atoms with E-state index in [9.17, 15) is 4.79 Å². The van der Waals surface area contributed by atoms with E-state index >= 15 is 0 Å². The van der Waals surface area contributed by atoms with Crippen LogP contribution >= 0.6 is 0 Å². The number of methoxy groups -OCH3 is 2. The molecule has 1 unspecified atom stereocenters. The topological polar surface area (TPSA) is 65.0 Å². The molecule has 0 fully saturated rings. The number of carbonyl (C=O) groups excluding carboxylic acids is 1. The van der Waals surface area contributed by atoms with E-state index in [0.29, 0.717) is 6.42 Å². The predicted molar refractivity (Wildman–Crippen MR) is 58.2 cm³/mol. The molecular formula is C12H14O5.